The van der Waals surface area contributed by atoms with Gasteiger partial charge in [0, 0.05) is 11.6 Å². The maximum atomic E-state index is 13.0. The molecule has 0 unspecified atom stereocenters. The lowest BCUT2D eigenvalue weighted by Gasteiger charge is -2.03. The molecule has 1 aromatic heterocycles. The molecule has 0 spiro atoms. The van der Waals surface area contributed by atoms with Gasteiger partial charge < -0.3 is 5.32 Å². The van der Waals surface area contributed by atoms with Gasteiger partial charge in [-0.1, -0.05) is 6.07 Å². The van der Waals surface area contributed by atoms with Gasteiger partial charge in [-0.25, -0.2) is 9.37 Å². The molecule has 3 nitrogen and oxygen atoms in total. The number of amides is 1. The van der Waals surface area contributed by atoms with E-state index in [4.69, 9.17) is 0 Å². The number of rotatable bonds is 3. The van der Waals surface area contributed by atoms with Crippen LogP contribution in [0.5, 0.6) is 0 Å². The van der Waals surface area contributed by atoms with Crippen LogP contribution < -0.4 is 5.32 Å². The zero-order valence-electron chi connectivity index (χ0n) is 8.61. The zero-order chi connectivity index (χ0) is 12.3. The number of benzene rings is 1. The van der Waals surface area contributed by atoms with Crippen LogP contribution in [0, 0.1) is 5.82 Å². The second-order valence-corrected chi connectivity index (χ2v) is 5.06. The number of anilines is 1. The Balaban J connectivity index is 2.00. The van der Waals surface area contributed by atoms with Crippen molar-refractivity contribution in [2.45, 2.75) is 6.42 Å². The summed E-state index contributed by atoms with van der Waals surface area (Å²) in [5.41, 5.74) is 0.743. The summed E-state index contributed by atoms with van der Waals surface area (Å²) in [7, 11) is 0. The predicted octanol–water partition coefficient (Wildman–Crippen LogP) is 3.23. The number of aromatic nitrogens is 1. The Morgan fingerprint density at radius 1 is 1.53 bits per heavy atom. The Morgan fingerprint density at radius 3 is 3.00 bits per heavy atom. The van der Waals surface area contributed by atoms with Crippen LogP contribution in [0.4, 0.5) is 9.52 Å². The maximum Gasteiger partial charge on any atom is 0.230 e. The molecule has 6 heteroatoms. The van der Waals surface area contributed by atoms with Gasteiger partial charge in [-0.2, -0.15) is 0 Å². The van der Waals surface area contributed by atoms with Gasteiger partial charge in [0.05, 0.1) is 10.9 Å². The fourth-order valence-corrected chi connectivity index (χ4v) is 2.25. The van der Waals surface area contributed by atoms with E-state index in [1.54, 1.807) is 23.7 Å². The Hall–Kier alpha value is -1.27. The molecule has 88 valence electrons. The standard InChI is InChI=1S/C11H8BrFN2OS/c12-8-5-7(1-2-9(8)13)6-10(16)15-11-14-3-4-17-11/h1-5H,6H2,(H,14,15,16). The zero-order valence-corrected chi connectivity index (χ0v) is 11.0. The van der Waals surface area contributed by atoms with Crippen molar-refractivity contribution in [3.05, 3.63) is 45.6 Å². The van der Waals surface area contributed by atoms with Gasteiger partial charge >= 0.3 is 0 Å². The molecule has 1 heterocycles. The topological polar surface area (TPSA) is 42.0 Å². The first-order valence-corrected chi connectivity index (χ1v) is 6.45. The molecule has 2 aromatic rings. The minimum atomic E-state index is -0.339. The van der Waals surface area contributed by atoms with E-state index in [9.17, 15) is 9.18 Å². The molecule has 0 bridgehead atoms. The van der Waals surface area contributed by atoms with E-state index in [0.717, 1.165) is 5.56 Å². The van der Waals surface area contributed by atoms with Crippen LogP contribution in [0.25, 0.3) is 0 Å². The molecule has 0 aliphatic rings. The molecule has 1 N–H and O–H groups in total. The van der Waals surface area contributed by atoms with Crippen LogP contribution in [-0.2, 0) is 11.2 Å². The minimum Gasteiger partial charge on any atom is -0.302 e. The van der Waals surface area contributed by atoms with Crippen LogP contribution in [0.15, 0.2) is 34.2 Å². The summed E-state index contributed by atoms with van der Waals surface area (Å²) in [6, 6.07) is 4.51. The lowest BCUT2D eigenvalue weighted by Crippen LogP contribution is -2.14. The number of thiazole rings is 1. The van der Waals surface area contributed by atoms with Crippen molar-refractivity contribution in [1.82, 2.24) is 4.98 Å². The Bertz CT molecular complexity index is 530. The van der Waals surface area contributed by atoms with Gasteiger partial charge in [0.15, 0.2) is 5.13 Å². The van der Waals surface area contributed by atoms with E-state index in [1.807, 2.05) is 0 Å². The molecule has 0 saturated carbocycles. The number of nitrogens with one attached hydrogen (secondary N) is 1. The van der Waals surface area contributed by atoms with Crippen LogP contribution in [0.1, 0.15) is 5.56 Å². The smallest absolute Gasteiger partial charge is 0.230 e. The average molecular weight is 315 g/mol. The number of carbonyl (C=O) groups is 1. The van der Waals surface area contributed by atoms with Crippen molar-refractivity contribution in [3.63, 3.8) is 0 Å². The van der Waals surface area contributed by atoms with Crippen molar-refractivity contribution in [3.8, 4) is 0 Å². The summed E-state index contributed by atoms with van der Waals surface area (Å²) >= 11 is 4.43. The summed E-state index contributed by atoms with van der Waals surface area (Å²) in [4.78, 5) is 15.6. The highest BCUT2D eigenvalue weighted by atomic mass is 79.9. The van der Waals surface area contributed by atoms with Crippen molar-refractivity contribution in [1.29, 1.82) is 0 Å². The monoisotopic (exact) mass is 314 g/mol. The van der Waals surface area contributed by atoms with Gasteiger partial charge in [0.1, 0.15) is 5.82 Å². The van der Waals surface area contributed by atoms with Crippen molar-refractivity contribution >= 4 is 38.3 Å². The van der Waals surface area contributed by atoms with Crippen LogP contribution in [0.2, 0.25) is 0 Å². The van der Waals surface area contributed by atoms with Crippen LogP contribution >= 0.6 is 27.3 Å². The van der Waals surface area contributed by atoms with Crippen molar-refractivity contribution in [2.24, 2.45) is 0 Å². The molecule has 0 aliphatic heterocycles. The van der Waals surface area contributed by atoms with Crippen LogP contribution in [-0.4, -0.2) is 10.9 Å². The number of nitrogens with zero attached hydrogens (tertiary/aromatic N) is 1. The molecular formula is C11H8BrFN2OS. The van der Waals surface area contributed by atoms with Gasteiger partial charge in [0.2, 0.25) is 5.91 Å². The number of carbonyl (C=O) groups excluding carboxylic acids is 1. The van der Waals surface area contributed by atoms with Gasteiger partial charge in [-0.15, -0.1) is 11.3 Å². The van der Waals surface area contributed by atoms with Gasteiger partial charge in [0.25, 0.3) is 0 Å². The first-order valence-electron chi connectivity index (χ1n) is 4.78. The SMILES string of the molecule is O=C(Cc1ccc(F)c(Br)c1)Nc1nccs1. The van der Waals surface area contributed by atoms with E-state index in [-0.39, 0.29) is 18.1 Å². The molecule has 17 heavy (non-hydrogen) atoms. The molecule has 0 atom stereocenters. The fourth-order valence-electron chi connectivity index (χ4n) is 1.28. The molecule has 0 aliphatic carbocycles. The number of halogens is 2. The Kier molecular flexibility index (Phi) is 3.86. The second-order valence-electron chi connectivity index (χ2n) is 3.31. The highest BCUT2D eigenvalue weighted by Crippen LogP contribution is 2.17. The summed E-state index contributed by atoms with van der Waals surface area (Å²) in [5, 5.41) is 5.01. The predicted molar refractivity (Wildman–Crippen MR) is 68.5 cm³/mol. The molecule has 1 amide bonds. The van der Waals surface area contributed by atoms with E-state index in [1.165, 1.54) is 17.4 Å². The summed E-state index contributed by atoms with van der Waals surface area (Å²) < 4.78 is 13.3. The maximum absolute atomic E-state index is 13.0. The number of hydrogen-bond donors (Lipinski definition) is 1. The third-order valence-electron chi connectivity index (χ3n) is 2.03. The summed E-state index contributed by atoms with van der Waals surface area (Å²) in [6.45, 7) is 0. The highest BCUT2D eigenvalue weighted by molar-refractivity contribution is 9.10. The summed E-state index contributed by atoms with van der Waals surface area (Å²) in [6.07, 6.45) is 1.81. The van der Waals surface area contributed by atoms with E-state index in [0.29, 0.717) is 9.60 Å². The minimum absolute atomic E-state index is 0.168. The average Bonchev–Trinajstić information content (AvgIpc) is 2.76. The van der Waals surface area contributed by atoms with E-state index in [2.05, 4.69) is 26.2 Å². The lowest BCUT2D eigenvalue weighted by atomic mass is 10.1. The fraction of sp³-hybridized carbons (Fsp3) is 0.0909. The first-order chi connectivity index (χ1) is 8.15. The van der Waals surface area contributed by atoms with Crippen molar-refractivity contribution < 1.29 is 9.18 Å². The van der Waals surface area contributed by atoms with E-state index < -0.39 is 0 Å². The second kappa shape index (κ2) is 5.37. The number of hydrogen-bond acceptors (Lipinski definition) is 3. The lowest BCUT2D eigenvalue weighted by molar-refractivity contribution is -0.115. The molecular weight excluding hydrogens is 307 g/mol. The summed E-state index contributed by atoms with van der Waals surface area (Å²) in [5.74, 6) is -0.507. The molecule has 2 rings (SSSR count). The van der Waals surface area contributed by atoms with Crippen LogP contribution in [0.3, 0.4) is 0 Å². The molecule has 0 saturated heterocycles. The third kappa shape index (κ3) is 3.34. The Morgan fingerprint density at radius 2 is 2.35 bits per heavy atom. The normalized spacial score (nSPS) is 10.2. The third-order valence-corrected chi connectivity index (χ3v) is 3.32. The molecule has 0 fully saturated rings. The quantitative estimate of drug-likeness (QED) is 0.945. The van der Waals surface area contributed by atoms with E-state index >= 15 is 0 Å². The largest absolute Gasteiger partial charge is 0.302 e. The van der Waals surface area contributed by atoms with Gasteiger partial charge in [-0.3, -0.25) is 4.79 Å². The first kappa shape index (κ1) is 12.2. The van der Waals surface area contributed by atoms with Gasteiger partial charge in [-0.05, 0) is 33.6 Å². The molecule has 0 radical (unpaired) electrons. The highest BCUT2D eigenvalue weighted by Gasteiger charge is 2.07. The van der Waals surface area contributed by atoms with Crippen molar-refractivity contribution in [2.75, 3.05) is 5.32 Å². The molecule has 1 aromatic carbocycles. The Labute approximate surface area is 110 Å².